The van der Waals surface area contributed by atoms with Crippen LogP contribution in [-0.2, 0) is 4.79 Å². The Morgan fingerprint density at radius 2 is 2.13 bits per heavy atom. The number of nitrogens with two attached hydrogens (primary N) is 1. The third kappa shape index (κ3) is 3.36. The normalized spacial score (nSPS) is 9.73. The molecule has 0 aliphatic heterocycles. The van der Waals surface area contributed by atoms with Gasteiger partial charge in [-0.1, -0.05) is 15.9 Å². The van der Waals surface area contributed by atoms with Gasteiger partial charge in [0.15, 0.2) is 12.4 Å². The van der Waals surface area contributed by atoms with E-state index < -0.39 is 5.91 Å². The molecule has 0 aromatic heterocycles. The average molecular weight is 272 g/mol. The number of ketones is 1. The van der Waals surface area contributed by atoms with Crippen LogP contribution in [0.4, 0.5) is 0 Å². The molecule has 1 aromatic rings. The molecule has 0 radical (unpaired) electrons. The zero-order valence-corrected chi connectivity index (χ0v) is 9.71. The van der Waals surface area contributed by atoms with Crippen LogP contribution in [0.15, 0.2) is 22.7 Å². The molecule has 80 valence electrons. The lowest BCUT2D eigenvalue weighted by Gasteiger charge is -2.08. The first-order valence-electron chi connectivity index (χ1n) is 4.22. The lowest BCUT2D eigenvalue weighted by atomic mass is 10.1. The second-order valence-electron chi connectivity index (χ2n) is 2.95. The number of Topliss-reactive ketones (excluding diaryl/α,β-unsaturated/α-hetero) is 1. The zero-order valence-electron chi connectivity index (χ0n) is 8.12. The van der Waals surface area contributed by atoms with Crippen molar-refractivity contribution in [3.05, 3.63) is 28.2 Å². The second kappa shape index (κ2) is 4.93. The Labute approximate surface area is 95.5 Å². The largest absolute Gasteiger partial charge is 0.483 e. The molecule has 1 amide bonds. The lowest BCUT2D eigenvalue weighted by Crippen LogP contribution is -2.20. The SMILES string of the molecule is CC(=O)c1cc(Br)ccc1OCC(N)=O. The van der Waals surface area contributed by atoms with Gasteiger partial charge in [-0.3, -0.25) is 9.59 Å². The Hall–Kier alpha value is -1.36. The topological polar surface area (TPSA) is 69.4 Å². The number of benzene rings is 1. The van der Waals surface area contributed by atoms with Crippen LogP contribution in [0.25, 0.3) is 0 Å². The molecule has 0 aliphatic rings. The Bertz CT molecular complexity index is 404. The summed E-state index contributed by atoms with van der Waals surface area (Å²) in [6.45, 7) is 1.20. The predicted octanol–water partition coefficient (Wildman–Crippen LogP) is 1.52. The van der Waals surface area contributed by atoms with E-state index in [0.29, 0.717) is 11.3 Å². The smallest absolute Gasteiger partial charge is 0.255 e. The monoisotopic (exact) mass is 271 g/mol. The van der Waals surface area contributed by atoms with Crippen molar-refractivity contribution in [2.24, 2.45) is 5.73 Å². The van der Waals surface area contributed by atoms with Gasteiger partial charge in [0.1, 0.15) is 5.75 Å². The number of rotatable bonds is 4. The summed E-state index contributed by atoms with van der Waals surface area (Å²) in [5.41, 5.74) is 5.36. The summed E-state index contributed by atoms with van der Waals surface area (Å²) in [7, 11) is 0. The van der Waals surface area contributed by atoms with Gasteiger partial charge in [0.25, 0.3) is 5.91 Å². The minimum atomic E-state index is -0.576. The van der Waals surface area contributed by atoms with Crippen molar-refractivity contribution < 1.29 is 14.3 Å². The number of amides is 1. The summed E-state index contributed by atoms with van der Waals surface area (Å²) in [4.78, 5) is 21.8. The molecule has 1 aromatic carbocycles. The van der Waals surface area contributed by atoms with Gasteiger partial charge in [0.05, 0.1) is 5.56 Å². The summed E-state index contributed by atoms with van der Waals surface area (Å²) >= 11 is 3.25. The summed E-state index contributed by atoms with van der Waals surface area (Å²) in [5, 5.41) is 0. The Morgan fingerprint density at radius 3 is 2.67 bits per heavy atom. The molecule has 0 atom stereocenters. The van der Waals surface area contributed by atoms with Crippen LogP contribution >= 0.6 is 15.9 Å². The Morgan fingerprint density at radius 1 is 1.47 bits per heavy atom. The highest BCUT2D eigenvalue weighted by Gasteiger charge is 2.09. The maximum Gasteiger partial charge on any atom is 0.255 e. The lowest BCUT2D eigenvalue weighted by molar-refractivity contribution is -0.119. The number of carbonyl (C=O) groups is 2. The van der Waals surface area contributed by atoms with Gasteiger partial charge >= 0.3 is 0 Å². The summed E-state index contributed by atoms with van der Waals surface area (Å²) < 4.78 is 5.88. The van der Waals surface area contributed by atoms with E-state index in [0.717, 1.165) is 4.47 Å². The first kappa shape index (κ1) is 11.7. The quantitative estimate of drug-likeness (QED) is 0.845. The average Bonchev–Trinajstić information content (AvgIpc) is 2.15. The van der Waals surface area contributed by atoms with Crippen molar-refractivity contribution in [3.63, 3.8) is 0 Å². The highest BCUT2D eigenvalue weighted by Crippen LogP contribution is 2.23. The fourth-order valence-electron chi connectivity index (χ4n) is 1.05. The zero-order chi connectivity index (χ0) is 11.4. The Kier molecular flexibility index (Phi) is 3.85. The number of primary amides is 1. The van der Waals surface area contributed by atoms with Crippen LogP contribution in [0.2, 0.25) is 0 Å². The van der Waals surface area contributed by atoms with E-state index in [2.05, 4.69) is 15.9 Å². The van der Waals surface area contributed by atoms with Crippen LogP contribution < -0.4 is 10.5 Å². The summed E-state index contributed by atoms with van der Waals surface area (Å²) in [6.07, 6.45) is 0. The van der Waals surface area contributed by atoms with E-state index in [1.807, 2.05) is 0 Å². The van der Waals surface area contributed by atoms with E-state index in [1.165, 1.54) is 6.92 Å². The van der Waals surface area contributed by atoms with Gasteiger partial charge in [-0.25, -0.2) is 0 Å². The first-order chi connectivity index (χ1) is 7.00. The highest BCUT2D eigenvalue weighted by atomic mass is 79.9. The molecule has 0 unspecified atom stereocenters. The molecule has 0 heterocycles. The molecule has 5 heteroatoms. The fraction of sp³-hybridized carbons (Fsp3) is 0.200. The van der Waals surface area contributed by atoms with Gasteiger partial charge in [-0.15, -0.1) is 0 Å². The molecule has 4 nitrogen and oxygen atoms in total. The van der Waals surface area contributed by atoms with Crippen LogP contribution in [0.5, 0.6) is 5.75 Å². The van der Waals surface area contributed by atoms with Crippen molar-refractivity contribution in [2.45, 2.75) is 6.92 Å². The first-order valence-corrected chi connectivity index (χ1v) is 5.01. The molecule has 0 bridgehead atoms. The van der Waals surface area contributed by atoms with E-state index in [-0.39, 0.29) is 12.4 Å². The fourth-order valence-corrected chi connectivity index (χ4v) is 1.41. The van der Waals surface area contributed by atoms with E-state index in [1.54, 1.807) is 18.2 Å². The van der Waals surface area contributed by atoms with Crippen LogP contribution in [0.1, 0.15) is 17.3 Å². The molecule has 0 spiro atoms. The highest BCUT2D eigenvalue weighted by molar-refractivity contribution is 9.10. The van der Waals surface area contributed by atoms with Crippen LogP contribution in [0.3, 0.4) is 0 Å². The number of halogens is 1. The molecule has 0 saturated carbocycles. The van der Waals surface area contributed by atoms with Crippen molar-refractivity contribution in [3.8, 4) is 5.75 Å². The molecule has 0 aliphatic carbocycles. The molecule has 2 N–H and O–H groups in total. The van der Waals surface area contributed by atoms with Gasteiger partial charge in [0.2, 0.25) is 0 Å². The molecule has 0 fully saturated rings. The number of hydrogen-bond donors (Lipinski definition) is 1. The van der Waals surface area contributed by atoms with E-state index >= 15 is 0 Å². The third-order valence-corrected chi connectivity index (χ3v) is 2.18. The maximum absolute atomic E-state index is 11.2. The minimum absolute atomic E-state index is 0.129. The van der Waals surface area contributed by atoms with Gasteiger partial charge < -0.3 is 10.5 Å². The van der Waals surface area contributed by atoms with Crippen molar-refractivity contribution in [1.82, 2.24) is 0 Å². The van der Waals surface area contributed by atoms with Crippen molar-refractivity contribution in [1.29, 1.82) is 0 Å². The molecule has 1 rings (SSSR count). The van der Waals surface area contributed by atoms with Crippen LogP contribution in [-0.4, -0.2) is 18.3 Å². The van der Waals surface area contributed by atoms with Gasteiger partial charge in [-0.2, -0.15) is 0 Å². The molecular formula is C10H10BrNO3. The Balaban J connectivity index is 2.95. The minimum Gasteiger partial charge on any atom is -0.483 e. The molecule has 15 heavy (non-hydrogen) atoms. The van der Waals surface area contributed by atoms with Crippen LogP contribution in [0, 0.1) is 0 Å². The van der Waals surface area contributed by atoms with Gasteiger partial charge in [-0.05, 0) is 25.1 Å². The summed E-state index contributed by atoms with van der Waals surface area (Å²) in [6, 6.07) is 4.98. The van der Waals surface area contributed by atoms with Gasteiger partial charge in [0, 0.05) is 4.47 Å². The standard InChI is InChI=1S/C10H10BrNO3/c1-6(13)8-4-7(11)2-3-9(8)15-5-10(12)14/h2-4H,5H2,1H3,(H2,12,14). The van der Waals surface area contributed by atoms with E-state index in [9.17, 15) is 9.59 Å². The molecular weight excluding hydrogens is 262 g/mol. The van der Waals surface area contributed by atoms with E-state index in [4.69, 9.17) is 10.5 Å². The summed E-state index contributed by atoms with van der Waals surface area (Å²) in [5.74, 6) is -0.340. The number of carbonyl (C=O) groups excluding carboxylic acids is 2. The maximum atomic E-state index is 11.2. The number of hydrogen-bond acceptors (Lipinski definition) is 3. The number of ether oxygens (including phenoxy) is 1. The predicted molar refractivity (Wildman–Crippen MR) is 58.8 cm³/mol. The third-order valence-electron chi connectivity index (χ3n) is 1.69. The molecule has 0 saturated heterocycles. The van der Waals surface area contributed by atoms with Crippen molar-refractivity contribution in [2.75, 3.05) is 6.61 Å². The second-order valence-corrected chi connectivity index (χ2v) is 3.87. The van der Waals surface area contributed by atoms with Crippen molar-refractivity contribution >= 4 is 27.6 Å².